The normalized spacial score (nSPS) is 14.5. The Morgan fingerprint density at radius 2 is 1.62 bits per heavy atom. The Bertz CT molecular complexity index is 2190. The van der Waals surface area contributed by atoms with Crippen molar-refractivity contribution in [3.63, 3.8) is 0 Å². The van der Waals surface area contributed by atoms with Crippen LogP contribution in [-0.2, 0) is 9.53 Å². The molecule has 11 heteroatoms. The summed E-state index contributed by atoms with van der Waals surface area (Å²) in [5, 5.41) is 19.3. The van der Waals surface area contributed by atoms with Crippen molar-refractivity contribution in [1.29, 1.82) is 0 Å². The Kier molecular flexibility index (Phi) is 9.07. The minimum absolute atomic E-state index is 0.0388. The molecule has 2 heterocycles. The zero-order chi connectivity index (χ0) is 32.9. The maximum absolute atomic E-state index is 14.3. The van der Waals surface area contributed by atoms with Crippen LogP contribution in [-0.4, -0.2) is 36.5 Å². The molecule has 0 spiro atoms. The number of thiazole rings is 1. The molecule has 1 N–H and O–H groups in total. The number of benzene rings is 4. The molecule has 0 fully saturated rings. The number of hydrogen-bond donors (Lipinski definition) is 1. The highest BCUT2D eigenvalue weighted by Gasteiger charge is 2.35. The number of carbonyl (C=O) groups is 1. The molecule has 236 valence electrons. The van der Waals surface area contributed by atoms with Gasteiger partial charge >= 0.3 is 5.97 Å². The van der Waals surface area contributed by atoms with E-state index in [4.69, 9.17) is 19.2 Å². The molecule has 0 aliphatic carbocycles. The number of methoxy groups -OCH3 is 2. The molecule has 0 saturated heterocycles. The number of phenolic OH excluding ortho intramolecular Hbond substituents is 1. The lowest BCUT2D eigenvalue weighted by molar-refractivity contribution is -0.138. The number of hydrogen-bond acceptors (Lipinski definition) is 10. The highest BCUT2D eigenvalue weighted by molar-refractivity contribution is 7.07. The van der Waals surface area contributed by atoms with Gasteiger partial charge in [-0.25, -0.2) is 9.79 Å². The first-order valence-electron chi connectivity index (χ1n) is 14.7. The number of phenols is 1. The second-order valence-corrected chi connectivity index (χ2v) is 11.3. The highest BCUT2D eigenvalue weighted by atomic mass is 32.1. The second-order valence-electron chi connectivity index (χ2n) is 10.3. The van der Waals surface area contributed by atoms with Crippen molar-refractivity contribution < 1.29 is 24.1 Å². The summed E-state index contributed by atoms with van der Waals surface area (Å²) in [5.41, 5.74) is 3.01. The van der Waals surface area contributed by atoms with E-state index in [0.29, 0.717) is 54.6 Å². The Morgan fingerprint density at radius 3 is 2.32 bits per heavy atom. The Balaban J connectivity index is 1.57. The number of aromatic hydroxyl groups is 1. The number of rotatable bonds is 9. The maximum Gasteiger partial charge on any atom is 0.338 e. The molecule has 0 amide bonds. The van der Waals surface area contributed by atoms with Gasteiger partial charge in [-0.05, 0) is 61.0 Å². The van der Waals surface area contributed by atoms with E-state index < -0.39 is 17.6 Å². The predicted molar refractivity (Wildman–Crippen MR) is 179 cm³/mol. The van der Waals surface area contributed by atoms with Crippen molar-refractivity contribution in [2.24, 2.45) is 15.2 Å². The molecule has 0 radical (unpaired) electrons. The molecule has 1 aliphatic rings. The van der Waals surface area contributed by atoms with E-state index in [1.54, 1.807) is 43.3 Å². The molecule has 10 nitrogen and oxygen atoms in total. The van der Waals surface area contributed by atoms with E-state index in [0.717, 1.165) is 11.3 Å². The van der Waals surface area contributed by atoms with Crippen molar-refractivity contribution in [3.8, 4) is 17.2 Å². The average Bonchev–Trinajstić information content (AvgIpc) is 3.42. The molecule has 4 aromatic carbocycles. The third-order valence-electron chi connectivity index (χ3n) is 7.43. The molecule has 0 saturated carbocycles. The highest BCUT2D eigenvalue weighted by Crippen LogP contribution is 2.38. The number of fused-ring (bicyclic) bond motifs is 1. The van der Waals surface area contributed by atoms with Gasteiger partial charge in [0.2, 0.25) is 0 Å². The lowest BCUT2D eigenvalue weighted by Gasteiger charge is -2.26. The van der Waals surface area contributed by atoms with Gasteiger partial charge in [0, 0.05) is 11.1 Å². The summed E-state index contributed by atoms with van der Waals surface area (Å²) in [6, 6.07) is 27.7. The quantitative estimate of drug-likeness (QED) is 0.153. The largest absolute Gasteiger partial charge is 0.507 e. The Morgan fingerprint density at radius 1 is 0.915 bits per heavy atom. The Hall–Kier alpha value is -5.81. The van der Waals surface area contributed by atoms with Crippen molar-refractivity contribution in [2.45, 2.75) is 13.0 Å². The number of carbonyl (C=O) groups excluding carboxylic acids is 1. The third-order valence-corrected chi connectivity index (χ3v) is 8.41. The SMILES string of the molecule is CCOC(=O)C1=C(c2ccccc2)N=c2s/c(=C\c3cc(N=Nc4ccccc4)ccc3O)c(=O)n2[C@H]1c1ccc(OC)c(OC)c1. The van der Waals surface area contributed by atoms with E-state index >= 15 is 0 Å². The van der Waals surface area contributed by atoms with Crippen LogP contribution in [0.1, 0.15) is 29.7 Å². The van der Waals surface area contributed by atoms with Crippen LogP contribution in [0.2, 0.25) is 0 Å². The average molecular weight is 647 g/mol. The van der Waals surface area contributed by atoms with Gasteiger partial charge in [-0.15, -0.1) is 0 Å². The summed E-state index contributed by atoms with van der Waals surface area (Å²) in [6.07, 6.45) is 1.59. The molecule has 6 rings (SSSR count). The molecule has 1 aliphatic heterocycles. The maximum atomic E-state index is 14.3. The van der Waals surface area contributed by atoms with Crippen LogP contribution >= 0.6 is 11.3 Å². The number of nitrogens with zero attached hydrogens (tertiary/aromatic N) is 4. The van der Waals surface area contributed by atoms with Gasteiger partial charge in [0.1, 0.15) is 5.75 Å². The van der Waals surface area contributed by atoms with E-state index in [9.17, 15) is 14.7 Å². The van der Waals surface area contributed by atoms with Crippen LogP contribution in [0.5, 0.6) is 17.2 Å². The molecule has 0 unspecified atom stereocenters. The topological polar surface area (TPSA) is 124 Å². The summed E-state index contributed by atoms with van der Waals surface area (Å²) in [6.45, 7) is 1.85. The van der Waals surface area contributed by atoms with Crippen molar-refractivity contribution in [3.05, 3.63) is 139 Å². The molecular formula is C36H30N4O6S. The molecule has 5 aromatic rings. The van der Waals surface area contributed by atoms with Gasteiger partial charge in [0.25, 0.3) is 5.56 Å². The fraction of sp³-hybridized carbons (Fsp3) is 0.139. The zero-order valence-corrected chi connectivity index (χ0v) is 26.6. The van der Waals surface area contributed by atoms with Crippen molar-refractivity contribution >= 4 is 40.5 Å². The molecule has 47 heavy (non-hydrogen) atoms. The fourth-order valence-electron chi connectivity index (χ4n) is 5.25. The first kappa shape index (κ1) is 31.2. The first-order valence-corrected chi connectivity index (χ1v) is 15.5. The summed E-state index contributed by atoms with van der Waals surface area (Å²) in [5.74, 6) is 0.287. The van der Waals surface area contributed by atoms with Crippen LogP contribution in [0.15, 0.2) is 123 Å². The van der Waals surface area contributed by atoms with Gasteiger partial charge in [-0.3, -0.25) is 9.36 Å². The number of esters is 1. The summed E-state index contributed by atoms with van der Waals surface area (Å²) < 4.78 is 18.3. The van der Waals surface area contributed by atoms with Gasteiger partial charge < -0.3 is 19.3 Å². The van der Waals surface area contributed by atoms with Gasteiger partial charge in [-0.2, -0.15) is 10.2 Å². The minimum Gasteiger partial charge on any atom is -0.507 e. The van der Waals surface area contributed by atoms with Gasteiger partial charge in [0.05, 0.1) is 54.0 Å². The fourth-order valence-corrected chi connectivity index (χ4v) is 6.24. The minimum atomic E-state index is -0.915. The van der Waals surface area contributed by atoms with Crippen LogP contribution in [0.4, 0.5) is 11.4 Å². The summed E-state index contributed by atoms with van der Waals surface area (Å²) in [4.78, 5) is 33.3. The van der Waals surface area contributed by atoms with Crippen molar-refractivity contribution in [2.75, 3.05) is 20.8 Å². The molecule has 0 bridgehead atoms. The van der Waals surface area contributed by atoms with Gasteiger partial charge in [0.15, 0.2) is 16.3 Å². The number of azo groups is 1. The lowest BCUT2D eigenvalue weighted by Crippen LogP contribution is -2.40. The molecule has 1 atom stereocenters. The van der Waals surface area contributed by atoms with Crippen LogP contribution < -0.4 is 24.4 Å². The van der Waals surface area contributed by atoms with Gasteiger partial charge in [-0.1, -0.05) is 65.9 Å². The van der Waals surface area contributed by atoms with Crippen molar-refractivity contribution in [1.82, 2.24) is 4.57 Å². The predicted octanol–water partition coefficient (Wildman–Crippen LogP) is 6.07. The first-order chi connectivity index (χ1) is 22.9. The third kappa shape index (κ3) is 6.34. The Labute approximate surface area is 273 Å². The van der Waals surface area contributed by atoms with Crippen LogP contribution in [0, 0.1) is 0 Å². The van der Waals surface area contributed by atoms with E-state index in [1.807, 2.05) is 60.7 Å². The smallest absolute Gasteiger partial charge is 0.338 e. The lowest BCUT2D eigenvalue weighted by atomic mass is 9.93. The number of ether oxygens (including phenoxy) is 3. The summed E-state index contributed by atoms with van der Waals surface area (Å²) in [7, 11) is 3.05. The summed E-state index contributed by atoms with van der Waals surface area (Å²) >= 11 is 1.14. The van der Waals surface area contributed by atoms with Crippen LogP contribution in [0.3, 0.4) is 0 Å². The number of aromatic nitrogens is 1. The monoisotopic (exact) mass is 646 g/mol. The van der Waals surface area contributed by atoms with E-state index in [1.165, 1.54) is 24.9 Å². The zero-order valence-electron chi connectivity index (χ0n) is 25.8. The van der Waals surface area contributed by atoms with E-state index in [-0.39, 0.29) is 17.9 Å². The molecular weight excluding hydrogens is 616 g/mol. The van der Waals surface area contributed by atoms with E-state index in [2.05, 4.69) is 10.2 Å². The standard InChI is InChI=1S/C36H30N4O6S/c1-4-46-35(43)31-32(22-11-7-5-8-12-22)37-36-40(33(31)23-15-18-28(44-2)29(20-23)45-3)34(42)30(47-36)21-24-19-26(16-17-27(24)41)39-38-25-13-9-6-10-14-25/h5-21,33,41H,4H2,1-3H3/b30-21-,39-38?/t33-/m0/s1. The molecule has 1 aromatic heterocycles. The van der Waals surface area contributed by atoms with Crippen LogP contribution in [0.25, 0.3) is 11.8 Å². The second kappa shape index (κ2) is 13.7.